The number of benzene rings is 2. The zero-order chi connectivity index (χ0) is 25.7. The summed E-state index contributed by atoms with van der Waals surface area (Å²) >= 11 is 0. The quantitative estimate of drug-likeness (QED) is 0.471. The number of aromatic nitrogens is 1. The van der Waals surface area contributed by atoms with Gasteiger partial charge in [-0.1, -0.05) is 12.1 Å². The number of ether oxygens (including phenoxy) is 1. The maximum atomic E-state index is 13.1. The van der Waals surface area contributed by atoms with Crippen LogP contribution in [0.4, 0.5) is 29.3 Å². The summed E-state index contributed by atoms with van der Waals surface area (Å²) in [4.78, 5) is 31.3. The van der Waals surface area contributed by atoms with Crippen molar-refractivity contribution >= 4 is 23.3 Å². The summed E-state index contributed by atoms with van der Waals surface area (Å²) in [6, 6.07) is 13.9. The van der Waals surface area contributed by atoms with Crippen LogP contribution in [0.2, 0.25) is 0 Å². The molecule has 0 radical (unpaired) electrons. The van der Waals surface area contributed by atoms with Gasteiger partial charge in [-0.15, -0.1) is 0 Å². The fraction of sp³-hybridized carbons (Fsp3) is 0.269. The number of hydrogen-bond acceptors (Lipinski definition) is 4. The van der Waals surface area contributed by atoms with Crippen LogP contribution in [0.15, 0.2) is 66.9 Å². The SMILES string of the molecule is CCOc1ccc(-c2ccc(N3CCC[C@@H](NC(=O)Nc4ccc(C(F)(F)F)cc4)C3=O)cc2)cn1. The van der Waals surface area contributed by atoms with Crippen LogP contribution in [0, 0.1) is 0 Å². The van der Waals surface area contributed by atoms with Gasteiger partial charge in [0.15, 0.2) is 0 Å². The number of alkyl halides is 3. The van der Waals surface area contributed by atoms with E-state index in [4.69, 9.17) is 4.74 Å². The fourth-order valence-electron chi connectivity index (χ4n) is 3.95. The van der Waals surface area contributed by atoms with Crippen LogP contribution in [0.3, 0.4) is 0 Å². The van der Waals surface area contributed by atoms with Gasteiger partial charge in [0.2, 0.25) is 11.8 Å². The lowest BCUT2D eigenvalue weighted by molar-refractivity contribution is -0.137. The molecular formula is C26H25F3N4O3. The number of piperidine rings is 1. The molecule has 10 heteroatoms. The number of pyridine rings is 1. The van der Waals surface area contributed by atoms with Gasteiger partial charge in [0, 0.05) is 35.7 Å². The van der Waals surface area contributed by atoms with Gasteiger partial charge in [-0.3, -0.25) is 4.79 Å². The Morgan fingerprint density at radius 3 is 2.36 bits per heavy atom. The monoisotopic (exact) mass is 498 g/mol. The summed E-state index contributed by atoms with van der Waals surface area (Å²) in [6.07, 6.45) is -1.59. The first-order chi connectivity index (χ1) is 17.2. The largest absolute Gasteiger partial charge is 0.478 e. The molecule has 2 aromatic carbocycles. The fourth-order valence-corrected chi connectivity index (χ4v) is 3.95. The standard InChI is InChI=1S/C26H25F3N4O3/c1-2-36-23-14-7-18(16-30-23)17-5-12-21(13-6-17)33-15-3-4-22(24(33)34)32-25(35)31-20-10-8-19(9-11-20)26(27,28)29/h5-14,16,22H,2-4,15H2,1H3,(H2,31,32,35)/t22-/m1/s1. The van der Waals surface area contributed by atoms with Gasteiger partial charge in [-0.2, -0.15) is 13.2 Å². The Kier molecular flexibility index (Phi) is 7.42. The summed E-state index contributed by atoms with van der Waals surface area (Å²) in [5.41, 5.74) is 1.94. The number of anilines is 2. The number of urea groups is 1. The minimum atomic E-state index is -4.46. The summed E-state index contributed by atoms with van der Waals surface area (Å²) in [5.74, 6) is 0.303. The first-order valence-corrected chi connectivity index (χ1v) is 11.5. The van der Waals surface area contributed by atoms with E-state index in [1.807, 2.05) is 37.3 Å². The Bertz CT molecular complexity index is 1200. The van der Waals surface area contributed by atoms with E-state index in [0.29, 0.717) is 37.6 Å². The lowest BCUT2D eigenvalue weighted by atomic mass is 10.0. The second-order valence-electron chi connectivity index (χ2n) is 8.22. The number of amides is 3. The molecule has 4 rings (SSSR count). The van der Waals surface area contributed by atoms with E-state index >= 15 is 0 Å². The average molecular weight is 499 g/mol. The molecule has 0 unspecified atom stereocenters. The molecule has 7 nitrogen and oxygen atoms in total. The molecular weight excluding hydrogens is 473 g/mol. The maximum Gasteiger partial charge on any atom is 0.416 e. The van der Waals surface area contributed by atoms with Crippen LogP contribution in [0.1, 0.15) is 25.3 Å². The van der Waals surface area contributed by atoms with Crippen molar-refractivity contribution in [3.8, 4) is 17.0 Å². The van der Waals surface area contributed by atoms with Gasteiger partial charge >= 0.3 is 12.2 Å². The third kappa shape index (κ3) is 5.94. The predicted molar refractivity (Wildman–Crippen MR) is 130 cm³/mol. The molecule has 1 saturated heterocycles. The summed E-state index contributed by atoms with van der Waals surface area (Å²) in [5, 5.41) is 5.11. The zero-order valence-corrected chi connectivity index (χ0v) is 19.5. The molecule has 2 N–H and O–H groups in total. The molecule has 3 amide bonds. The van der Waals surface area contributed by atoms with E-state index in [1.165, 1.54) is 12.1 Å². The summed E-state index contributed by atoms with van der Waals surface area (Å²) in [7, 11) is 0. The number of nitrogens with one attached hydrogen (secondary N) is 2. The van der Waals surface area contributed by atoms with Crippen LogP contribution in [-0.2, 0) is 11.0 Å². The van der Waals surface area contributed by atoms with Gasteiger partial charge in [0.25, 0.3) is 0 Å². The van der Waals surface area contributed by atoms with Crippen molar-refractivity contribution in [2.75, 3.05) is 23.4 Å². The van der Waals surface area contributed by atoms with Gasteiger partial charge in [0.05, 0.1) is 12.2 Å². The van der Waals surface area contributed by atoms with Crippen molar-refractivity contribution in [3.05, 3.63) is 72.4 Å². The molecule has 0 aliphatic carbocycles. The minimum Gasteiger partial charge on any atom is -0.478 e. The molecule has 2 heterocycles. The van der Waals surface area contributed by atoms with E-state index < -0.39 is 23.8 Å². The molecule has 1 aliphatic heterocycles. The van der Waals surface area contributed by atoms with Crippen LogP contribution in [0.5, 0.6) is 5.88 Å². The summed E-state index contributed by atoms with van der Waals surface area (Å²) in [6.45, 7) is 2.95. The molecule has 188 valence electrons. The van der Waals surface area contributed by atoms with E-state index in [-0.39, 0.29) is 11.6 Å². The van der Waals surface area contributed by atoms with E-state index in [0.717, 1.165) is 23.3 Å². The Hall–Kier alpha value is -4.08. The van der Waals surface area contributed by atoms with E-state index in [9.17, 15) is 22.8 Å². The normalized spacial score (nSPS) is 15.9. The van der Waals surface area contributed by atoms with E-state index in [2.05, 4.69) is 15.6 Å². The Labute approximate surface area is 206 Å². The second-order valence-corrected chi connectivity index (χ2v) is 8.22. The van der Waals surface area contributed by atoms with Crippen molar-refractivity contribution in [3.63, 3.8) is 0 Å². The highest BCUT2D eigenvalue weighted by molar-refractivity contribution is 6.01. The third-order valence-electron chi connectivity index (χ3n) is 5.75. The Morgan fingerprint density at radius 1 is 1.06 bits per heavy atom. The molecule has 0 bridgehead atoms. The molecule has 3 aromatic rings. The molecule has 0 saturated carbocycles. The first kappa shape index (κ1) is 25.0. The highest BCUT2D eigenvalue weighted by Gasteiger charge is 2.32. The number of carbonyl (C=O) groups excluding carboxylic acids is 2. The Balaban J connectivity index is 1.37. The van der Waals surface area contributed by atoms with Crippen LogP contribution < -0.4 is 20.3 Å². The van der Waals surface area contributed by atoms with Crippen molar-refractivity contribution in [1.29, 1.82) is 0 Å². The van der Waals surface area contributed by atoms with Crippen LogP contribution in [-0.4, -0.2) is 36.1 Å². The smallest absolute Gasteiger partial charge is 0.416 e. The Morgan fingerprint density at radius 2 is 1.75 bits per heavy atom. The first-order valence-electron chi connectivity index (χ1n) is 11.5. The van der Waals surface area contributed by atoms with Crippen LogP contribution >= 0.6 is 0 Å². The van der Waals surface area contributed by atoms with Gasteiger partial charge in [-0.25, -0.2) is 9.78 Å². The predicted octanol–water partition coefficient (Wildman–Crippen LogP) is 5.48. The molecule has 0 spiro atoms. The molecule has 1 aliphatic rings. The molecule has 36 heavy (non-hydrogen) atoms. The lowest BCUT2D eigenvalue weighted by Crippen LogP contribution is -2.53. The van der Waals surface area contributed by atoms with Crippen molar-refractivity contribution in [1.82, 2.24) is 10.3 Å². The number of carbonyl (C=O) groups is 2. The second kappa shape index (κ2) is 10.7. The van der Waals surface area contributed by atoms with Gasteiger partial charge in [-0.05, 0) is 67.8 Å². The maximum absolute atomic E-state index is 13.1. The number of halogens is 3. The van der Waals surface area contributed by atoms with Gasteiger partial charge in [0.1, 0.15) is 6.04 Å². The van der Waals surface area contributed by atoms with Crippen molar-refractivity contribution in [2.24, 2.45) is 0 Å². The van der Waals surface area contributed by atoms with Crippen molar-refractivity contribution < 1.29 is 27.5 Å². The highest BCUT2D eigenvalue weighted by atomic mass is 19.4. The molecule has 1 atom stereocenters. The van der Waals surface area contributed by atoms with E-state index in [1.54, 1.807) is 17.2 Å². The topological polar surface area (TPSA) is 83.6 Å². The summed E-state index contributed by atoms with van der Waals surface area (Å²) < 4.78 is 43.5. The molecule has 1 aromatic heterocycles. The number of nitrogens with zero attached hydrogens (tertiary/aromatic N) is 2. The molecule has 1 fully saturated rings. The third-order valence-corrected chi connectivity index (χ3v) is 5.75. The lowest BCUT2D eigenvalue weighted by Gasteiger charge is -2.32. The van der Waals surface area contributed by atoms with Crippen molar-refractivity contribution in [2.45, 2.75) is 32.0 Å². The number of hydrogen-bond donors (Lipinski definition) is 2. The van der Waals surface area contributed by atoms with Crippen LogP contribution in [0.25, 0.3) is 11.1 Å². The number of rotatable bonds is 6. The minimum absolute atomic E-state index is 0.194. The average Bonchev–Trinajstić information content (AvgIpc) is 2.86. The zero-order valence-electron chi connectivity index (χ0n) is 19.5. The van der Waals surface area contributed by atoms with Gasteiger partial charge < -0.3 is 20.3 Å². The highest BCUT2D eigenvalue weighted by Crippen LogP contribution is 2.30.